The third kappa shape index (κ3) is 5.07. The second-order valence-electron chi connectivity index (χ2n) is 6.67. The van der Waals surface area contributed by atoms with E-state index < -0.39 is 5.82 Å². The number of aromatic amines is 1. The smallest absolute Gasteiger partial charge is 0.214 e. The number of H-pyrrole nitrogens is 1. The van der Waals surface area contributed by atoms with Crippen LogP contribution < -0.4 is 10.2 Å². The van der Waals surface area contributed by atoms with Gasteiger partial charge in [0.25, 0.3) is 0 Å². The summed E-state index contributed by atoms with van der Waals surface area (Å²) in [5.41, 5.74) is 5.67. The topological polar surface area (TPSA) is 54.9 Å². The third-order valence-corrected chi connectivity index (χ3v) is 5.41. The highest BCUT2D eigenvalue weighted by Crippen LogP contribution is 2.26. The van der Waals surface area contributed by atoms with Crippen molar-refractivity contribution < 1.29 is 9.13 Å². The van der Waals surface area contributed by atoms with E-state index in [1.807, 2.05) is 36.4 Å². The van der Waals surface area contributed by atoms with Crippen molar-refractivity contribution in [1.82, 2.24) is 14.9 Å². The van der Waals surface area contributed by atoms with Crippen molar-refractivity contribution >= 4 is 35.4 Å². The molecule has 0 aliphatic rings. The highest BCUT2D eigenvalue weighted by atomic mass is 35.5. The monoisotopic (exact) mass is 474 g/mol. The molecule has 0 fully saturated rings. The maximum absolute atomic E-state index is 13.3. The Hall–Kier alpha value is -2.87. The molecule has 2 N–H and O–H groups in total. The van der Waals surface area contributed by atoms with Crippen molar-refractivity contribution in [2.45, 2.75) is 13.2 Å². The van der Waals surface area contributed by atoms with E-state index in [4.69, 9.17) is 40.2 Å². The number of halogens is 3. The lowest BCUT2D eigenvalue weighted by molar-refractivity contribution is 0.303. The fourth-order valence-electron chi connectivity index (χ4n) is 3.01. The van der Waals surface area contributed by atoms with Crippen LogP contribution in [0.1, 0.15) is 11.1 Å². The molecular weight excluding hydrogens is 458 g/mol. The summed E-state index contributed by atoms with van der Waals surface area (Å²) in [6, 6.07) is 19.2. The van der Waals surface area contributed by atoms with Crippen LogP contribution in [0.15, 0.2) is 66.7 Å². The predicted octanol–water partition coefficient (Wildman–Crippen LogP) is 6.38. The Morgan fingerprint density at radius 1 is 1.03 bits per heavy atom. The van der Waals surface area contributed by atoms with Crippen LogP contribution in [-0.4, -0.2) is 14.9 Å². The van der Waals surface area contributed by atoms with Gasteiger partial charge in [-0.25, -0.2) is 14.2 Å². The van der Waals surface area contributed by atoms with Crippen LogP contribution in [0.2, 0.25) is 10.0 Å². The van der Waals surface area contributed by atoms with Gasteiger partial charge >= 0.3 is 0 Å². The fourth-order valence-corrected chi connectivity index (χ4v) is 3.62. The van der Waals surface area contributed by atoms with Crippen LogP contribution in [0, 0.1) is 10.6 Å². The maximum Gasteiger partial charge on any atom is 0.214 e. The number of ether oxygens (including phenoxy) is 1. The van der Waals surface area contributed by atoms with Gasteiger partial charge < -0.3 is 10.2 Å². The lowest BCUT2D eigenvalue weighted by Crippen LogP contribution is -2.16. The van der Waals surface area contributed by atoms with Gasteiger partial charge in [0.2, 0.25) is 4.77 Å². The molecule has 0 atom stereocenters. The van der Waals surface area contributed by atoms with E-state index in [1.54, 1.807) is 22.9 Å². The van der Waals surface area contributed by atoms with E-state index >= 15 is 0 Å². The second-order valence-corrected chi connectivity index (χ2v) is 7.90. The average molecular weight is 475 g/mol. The minimum Gasteiger partial charge on any atom is -0.488 e. The molecule has 0 unspecified atom stereocenters. The highest BCUT2D eigenvalue weighted by molar-refractivity contribution is 7.71. The van der Waals surface area contributed by atoms with Gasteiger partial charge in [0, 0.05) is 21.7 Å². The molecule has 9 heteroatoms. The molecule has 0 saturated carbocycles. The van der Waals surface area contributed by atoms with Gasteiger partial charge in [-0.1, -0.05) is 59.6 Å². The van der Waals surface area contributed by atoms with Gasteiger partial charge in [0.1, 0.15) is 18.2 Å². The number of nitrogens with zero attached hydrogens (tertiary/aromatic N) is 2. The minimum atomic E-state index is -0.392. The molecule has 0 saturated heterocycles. The van der Waals surface area contributed by atoms with E-state index in [-0.39, 0.29) is 6.61 Å². The first-order valence-corrected chi connectivity index (χ1v) is 10.5. The summed E-state index contributed by atoms with van der Waals surface area (Å²) in [5, 5.41) is 8.00. The summed E-state index contributed by atoms with van der Waals surface area (Å²) in [6.45, 7) is 0.564. The van der Waals surface area contributed by atoms with Crippen LogP contribution in [0.5, 0.6) is 5.75 Å². The van der Waals surface area contributed by atoms with Crippen LogP contribution in [0.3, 0.4) is 0 Å². The molecule has 0 bridgehead atoms. The van der Waals surface area contributed by atoms with Crippen LogP contribution in [0.25, 0.3) is 11.4 Å². The SMILES string of the molecule is Fc1ccc(COc2ccc(Cl)cc2CNn2c(-c3ccccc3)n[nH]c2=S)c(Cl)c1. The number of hydrogen-bond donors (Lipinski definition) is 2. The van der Waals surface area contributed by atoms with Gasteiger partial charge in [0.15, 0.2) is 5.82 Å². The first kappa shape index (κ1) is 21.4. The van der Waals surface area contributed by atoms with Crippen molar-refractivity contribution in [2.24, 2.45) is 0 Å². The van der Waals surface area contributed by atoms with E-state index in [1.165, 1.54) is 12.1 Å². The van der Waals surface area contributed by atoms with Crippen LogP contribution in [0.4, 0.5) is 4.39 Å². The van der Waals surface area contributed by atoms with E-state index in [0.717, 1.165) is 11.1 Å². The molecule has 4 rings (SSSR count). The first-order valence-electron chi connectivity index (χ1n) is 9.33. The van der Waals surface area contributed by atoms with Crippen molar-refractivity contribution in [3.05, 3.63) is 98.5 Å². The largest absolute Gasteiger partial charge is 0.488 e. The number of benzene rings is 3. The molecular formula is C22H17Cl2FN4OS. The van der Waals surface area contributed by atoms with Crippen molar-refractivity contribution in [3.8, 4) is 17.1 Å². The Labute approximate surface area is 193 Å². The third-order valence-electron chi connectivity index (χ3n) is 4.55. The minimum absolute atomic E-state index is 0.189. The Morgan fingerprint density at radius 2 is 1.84 bits per heavy atom. The van der Waals surface area contributed by atoms with Crippen LogP contribution >= 0.6 is 35.4 Å². The van der Waals surface area contributed by atoms with E-state index in [2.05, 4.69) is 15.6 Å². The maximum atomic E-state index is 13.3. The lowest BCUT2D eigenvalue weighted by Gasteiger charge is -2.15. The van der Waals surface area contributed by atoms with Gasteiger partial charge in [-0.05, 0) is 42.5 Å². The normalized spacial score (nSPS) is 10.8. The molecule has 4 aromatic rings. The Bertz CT molecular complexity index is 1260. The Balaban J connectivity index is 1.54. The summed E-state index contributed by atoms with van der Waals surface area (Å²) >= 11 is 17.7. The lowest BCUT2D eigenvalue weighted by atomic mass is 10.2. The molecule has 0 aliphatic carbocycles. The van der Waals surface area contributed by atoms with Crippen LogP contribution in [-0.2, 0) is 13.2 Å². The molecule has 1 heterocycles. The zero-order valence-electron chi connectivity index (χ0n) is 16.1. The molecule has 158 valence electrons. The van der Waals surface area contributed by atoms with Crippen molar-refractivity contribution in [2.75, 3.05) is 5.43 Å². The number of hydrogen-bond acceptors (Lipinski definition) is 4. The predicted molar refractivity (Wildman–Crippen MR) is 123 cm³/mol. The standard InChI is InChI=1S/C22H17Cl2FN4OS/c23-17-7-9-20(30-13-15-6-8-18(25)11-19(15)24)16(10-17)12-26-29-21(27-28-22(29)31)14-4-2-1-3-5-14/h1-11,26H,12-13H2,(H,28,31). The molecule has 3 aromatic carbocycles. The average Bonchev–Trinajstić information content (AvgIpc) is 3.13. The summed E-state index contributed by atoms with van der Waals surface area (Å²) < 4.78 is 21.4. The Morgan fingerprint density at radius 3 is 2.61 bits per heavy atom. The molecule has 0 amide bonds. The summed E-state index contributed by atoms with van der Waals surface area (Å²) in [7, 11) is 0. The molecule has 5 nitrogen and oxygen atoms in total. The molecule has 1 aromatic heterocycles. The van der Waals surface area contributed by atoms with Gasteiger partial charge in [-0.15, -0.1) is 0 Å². The fraction of sp³-hybridized carbons (Fsp3) is 0.0909. The zero-order valence-corrected chi connectivity index (χ0v) is 18.4. The number of nitrogens with one attached hydrogen (secondary N) is 2. The van der Waals surface area contributed by atoms with Gasteiger partial charge in [-0.2, -0.15) is 5.10 Å². The first-order chi connectivity index (χ1) is 15.0. The Kier molecular flexibility index (Phi) is 6.56. The summed E-state index contributed by atoms with van der Waals surface area (Å²) in [6.07, 6.45) is 0. The number of rotatable bonds is 7. The molecule has 0 spiro atoms. The van der Waals surface area contributed by atoms with E-state index in [9.17, 15) is 4.39 Å². The summed E-state index contributed by atoms with van der Waals surface area (Å²) in [5.74, 6) is 0.887. The molecule has 0 radical (unpaired) electrons. The van der Waals surface area contributed by atoms with Gasteiger partial charge in [-0.3, -0.25) is 0 Å². The van der Waals surface area contributed by atoms with Crippen molar-refractivity contribution in [3.63, 3.8) is 0 Å². The molecule has 31 heavy (non-hydrogen) atoms. The quantitative estimate of drug-likeness (QED) is 0.305. The zero-order chi connectivity index (χ0) is 21.8. The van der Waals surface area contributed by atoms with Gasteiger partial charge in [0.05, 0.1) is 11.6 Å². The summed E-state index contributed by atoms with van der Waals surface area (Å²) in [4.78, 5) is 0. The van der Waals surface area contributed by atoms with Crippen molar-refractivity contribution in [1.29, 1.82) is 0 Å². The number of aromatic nitrogens is 3. The second kappa shape index (κ2) is 9.51. The highest BCUT2D eigenvalue weighted by Gasteiger charge is 2.11. The molecule has 0 aliphatic heterocycles. The van der Waals surface area contributed by atoms with E-state index in [0.29, 0.717) is 38.5 Å².